The van der Waals surface area contributed by atoms with Crippen molar-refractivity contribution >= 4 is 21.6 Å². The molecule has 2 heterocycles. The molecule has 3 aromatic rings. The van der Waals surface area contributed by atoms with E-state index in [2.05, 4.69) is 11.1 Å². The van der Waals surface area contributed by atoms with E-state index in [0.717, 1.165) is 16.7 Å². The molecular weight excluding hydrogens is 282 g/mol. The first-order valence-electron chi connectivity index (χ1n) is 6.53. The van der Waals surface area contributed by atoms with Gasteiger partial charge in [0.25, 0.3) is 5.56 Å². The highest BCUT2D eigenvalue weighted by atomic mass is 32.1. The second kappa shape index (κ2) is 5.15. The maximum absolute atomic E-state index is 12.5. The van der Waals surface area contributed by atoms with Gasteiger partial charge >= 0.3 is 0 Å². The second-order valence-corrected chi connectivity index (χ2v) is 5.84. The predicted octanol–water partition coefficient (Wildman–Crippen LogP) is 3.27. The molecule has 21 heavy (non-hydrogen) atoms. The topological polar surface area (TPSA) is 58.7 Å². The van der Waals surface area contributed by atoms with Crippen LogP contribution in [-0.4, -0.2) is 9.55 Å². The molecule has 3 rings (SSSR count). The summed E-state index contributed by atoms with van der Waals surface area (Å²) < 4.78 is 1.35. The van der Waals surface area contributed by atoms with Gasteiger partial charge in [-0.05, 0) is 25.0 Å². The normalized spacial score (nSPS) is 10.7. The van der Waals surface area contributed by atoms with Gasteiger partial charge in [0.2, 0.25) is 0 Å². The summed E-state index contributed by atoms with van der Waals surface area (Å²) in [4.78, 5) is 17.5. The van der Waals surface area contributed by atoms with Crippen LogP contribution in [0.5, 0.6) is 0 Å². The van der Waals surface area contributed by atoms with Crippen molar-refractivity contribution in [3.05, 3.63) is 51.4 Å². The first-order valence-corrected chi connectivity index (χ1v) is 7.41. The summed E-state index contributed by atoms with van der Waals surface area (Å²) in [6.07, 6.45) is 1.44. The number of nitriles is 1. The molecular formula is C16H13N3OS. The molecule has 104 valence electrons. The number of benzene rings is 1. The average Bonchev–Trinajstić information content (AvgIpc) is 2.87. The van der Waals surface area contributed by atoms with Crippen molar-refractivity contribution in [1.82, 2.24) is 9.55 Å². The Bertz CT molecular complexity index is 931. The van der Waals surface area contributed by atoms with E-state index in [1.54, 1.807) is 0 Å². The molecule has 0 atom stereocenters. The van der Waals surface area contributed by atoms with Gasteiger partial charge in [0.05, 0.1) is 11.5 Å². The third-order valence-electron chi connectivity index (χ3n) is 3.47. The number of thiophene rings is 1. The molecule has 0 fully saturated rings. The Morgan fingerprint density at radius 3 is 2.86 bits per heavy atom. The summed E-state index contributed by atoms with van der Waals surface area (Å²) in [5.74, 6) is 0. The maximum Gasteiger partial charge on any atom is 0.263 e. The molecule has 0 radical (unpaired) electrons. The van der Waals surface area contributed by atoms with Crippen molar-refractivity contribution in [2.45, 2.75) is 20.4 Å². The standard InChI is InChI=1S/C16H13N3OS/c1-10-3-4-12(11(2)7-10)13-8-21-15-14(13)16(20)19(6-5-17)9-18-15/h3-4,7-9H,6H2,1-2H3. The first-order chi connectivity index (χ1) is 10.1. The van der Waals surface area contributed by atoms with Crippen LogP contribution in [0.2, 0.25) is 0 Å². The average molecular weight is 295 g/mol. The Morgan fingerprint density at radius 1 is 1.33 bits per heavy atom. The van der Waals surface area contributed by atoms with Crippen LogP contribution in [0.3, 0.4) is 0 Å². The largest absolute Gasteiger partial charge is 0.285 e. The van der Waals surface area contributed by atoms with E-state index in [1.165, 1.54) is 27.8 Å². The van der Waals surface area contributed by atoms with Crippen molar-refractivity contribution in [2.75, 3.05) is 0 Å². The Kier molecular flexibility index (Phi) is 3.32. The second-order valence-electron chi connectivity index (χ2n) is 4.98. The van der Waals surface area contributed by atoms with Crippen LogP contribution in [0.15, 0.2) is 34.7 Å². The summed E-state index contributed by atoms with van der Waals surface area (Å²) >= 11 is 1.46. The molecule has 0 N–H and O–H groups in total. The monoisotopic (exact) mass is 295 g/mol. The number of nitrogens with zero attached hydrogens (tertiary/aromatic N) is 3. The number of hydrogen-bond acceptors (Lipinski definition) is 4. The Morgan fingerprint density at radius 2 is 2.14 bits per heavy atom. The summed E-state index contributed by atoms with van der Waals surface area (Å²) in [7, 11) is 0. The smallest absolute Gasteiger partial charge is 0.263 e. The molecule has 0 unspecified atom stereocenters. The summed E-state index contributed by atoms with van der Waals surface area (Å²) in [6.45, 7) is 4.10. The lowest BCUT2D eigenvalue weighted by atomic mass is 9.99. The van der Waals surface area contributed by atoms with Crippen LogP contribution in [0.4, 0.5) is 0 Å². The lowest BCUT2D eigenvalue weighted by Gasteiger charge is -2.06. The van der Waals surface area contributed by atoms with E-state index >= 15 is 0 Å². The van der Waals surface area contributed by atoms with Crippen LogP contribution in [0.1, 0.15) is 11.1 Å². The molecule has 1 aromatic carbocycles. The van der Waals surface area contributed by atoms with Crippen LogP contribution in [-0.2, 0) is 6.54 Å². The van der Waals surface area contributed by atoms with E-state index in [1.807, 2.05) is 37.4 Å². The highest BCUT2D eigenvalue weighted by Crippen LogP contribution is 2.32. The number of fused-ring (bicyclic) bond motifs is 1. The lowest BCUT2D eigenvalue weighted by Crippen LogP contribution is -2.19. The SMILES string of the molecule is Cc1ccc(-c2csc3ncn(CC#N)c(=O)c23)c(C)c1. The van der Waals surface area contributed by atoms with Gasteiger partial charge in [-0.3, -0.25) is 9.36 Å². The van der Waals surface area contributed by atoms with Crippen molar-refractivity contribution in [3.63, 3.8) is 0 Å². The van der Waals surface area contributed by atoms with Gasteiger partial charge in [-0.15, -0.1) is 11.3 Å². The summed E-state index contributed by atoms with van der Waals surface area (Å²) in [5, 5.41) is 11.4. The van der Waals surface area contributed by atoms with Crippen LogP contribution in [0, 0.1) is 25.2 Å². The highest BCUT2D eigenvalue weighted by molar-refractivity contribution is 7.17. The zero-order valence-corrected chi connectivity index (χ0v) is 12.6. The van der Waals surface area contributed by atoms with Crippen molar-refractivity contribution < 1.29 is 0 Å². The first kappa shape index (κ1) is 13.5. The van der Waals surface area contributed by atoms with Gasteiger partial charge < -0.3 is 0 Å². The minimum Gasteiger partial charge on any atom is -0.285 e. The van der Waals surface area contributed by atoms with Gasteiger partial charge in [-0.25, -0.2) is 4.98 Å². The molecule has 0 bridgehead atoms. The molecule has 5 heteroatoms. The highest BCUT2D eigenvalue weighted by Gasteiger charge is 2.14. The molecule has 4 nitrogen and oxygen atoms in total. The predicted molar refractivity (Wildman–Crippen MR) is 84.4 cm³/mol. The number of hydrogen-bond donors (Lipinski definition) is 0. The molecule has 0 aliphatic heterocycles. The van der Waals surface area contributed by atoms with Gasteiger partial charge in [-0.2, -0.15) is 5.26 Å². The quantitative estimate of drug-likeness (QED) is 0.729. The molecule has 0 amide bonds. The zero-order valence-electron chi connectivity index (χ0n) is 11.8. The number of rotatable bonds is 2. The van der Waals surface area contributed by atoms with Gasteiger partial charge in [0, 0.05) is 10.9 Å². The van der Waals surface area contributed by atoms with Crippen LogP contribution < -0.4 is 5.56 Å². The van der Waals surface area contributed by atoms with E-state index in [0.29, 0.717) is 10.2 Å². The zero-order chi connectivity index (χ0) is 15.0. The minimum atomic E-state index is -0.155. The van der Waals surface area contributed by atoms with Gasteiger partial charge in [0.15, 0.2) is 0 Å². The van der Waals surface area contributed by atoms with Crippen molar-refractivity contribution in [2.24, 2.45) is 0 Å². The lowest BCUT2D eigenvalue weighted by molar-refractivity contribution is 0.777. The summed E-state index contributed by atoms with van der Waals surface area (Å²) in [5.41, 5.74) is 4.11. The molecule has 0 aliphatic carbocycles. The molecule has 0 saturated heterocycles. The third kappa shape index (κ3) is 2.24. The van der Waals surface area contributed by atoms with E-state index in [4.69, 9.17) is 5.26 Å². The Labute approximate surface area is 125 Å². The van der Waals surface area contributed by atoms with Crippen LogP contribution >= 0.6 is 11.3 Å². The van der Waals surface area contributed by atoms with E-state index < -0.39 is 0 Å². The maximum atomic E-state index is 12.5. The minimum absolute atomic E-state index is 0.0178. The van der Waals surface area contributed by atoms with Crippen LogP contribution in [0.25, 0.3) is 21.3 Å². The number of aromatic nitrogens is 2. The van der Waals surface area contributed by atoms with Gasteiger partial charge in [0.1, 0.15) is 17.7 Å². The van der Waals surface area contributed by atoms with Gasteiger partial charge in [-0.1, -0.05) is 23.8 Å². The fourth-order valence-electron chi connectivity index (χ4n) is 2.47. The molecule has 0 spiro atoms. The number of aryl methyl sites for hydroxylation is 2. The third-order valence-corrected chi connectivity index (χ3v) is 4.36. The Hall–Kier alpha value is -2.45. The fourth-order valence-corrected chi connectivity index (χ4v) is 3.37. The Balaban J connectivity index is 2.31. The molecule has 0 saturated carbocycles. The fraction of sp³-hybridized carbons (Fsp3) is 0.188. The molecule has 0 aliphatic rings. The van der Waals surface area contributed by atoms with E-state index in [-0.39, 0.29) is 12.1 Å². The van der Waals surface area contributed by atoms with Crippen molar-refractivity contribution in [1.29, 1.82) is 5.26 Å². The van der Waals surface area contributed by atoms with Crippen molar-refractivity contribution in [3.8, 4) is 17.2 Å². The molecule has 2 aromatic heterocycles. The summed E-state index contributed by atoms with van der Waals surface area (Å²) in [6, 6.07) is 8.16. The van der Waals surface area contributed by atoms with E-state index in [9.17, 15) is 4.79 Å².